The van der Waals surface area contributed by atoms with Crippen LogP contribution in [0.1, 0.15) is 54.4 Å². The zero-order valence-electron chi connectivity index (χ0n) is 18.2. The molecule has 0 radical (unpaired) electrons. The number of rotatable bonds is 5. The van der Waals surface area contributed by atoms with Gasteiger partial charge < -0.3 is 14.8 Å². The molecule has 0 bridgehead atoms. The molecule has 1 saturated carbocycles. The van der Waals surface area contributed by atoms with Gasteiger partial charge in [0.1, 0.15) is 11.7 Å². The fraction of sp³-hybridized carbons (Fsp3) is 0.440. The van der Waals surface area contributed by atoms with Gasteiger partial charge in [-0.3, -0.25) is 4.79 Å². The summed E-state index contributed by atoms with van der Waals surface area (Å²) >= 11 is 6.66. The van der Waals surface area contributed by atoms with E-state index in [2.05, 4.69) is 85.2 Å². The molecule has 1 aliphatic carbocycles. The Morgan fingerprint density at radius 3 is 2.27 bits per heavy atom. The molecule has 0 amide bonds. The Morgan fingerprint density at radius 1 is 0.939 bits per heavy atom. The number of quaternary nitrogens is 1. The van der Waals surface area contributed by atoms with Gasteiger partial charge in [-0.25, -0.2) is 4.79 Å². The summed E-state index contributed by atoms with van der Waals surface area (Å²) in [5, 5.41) is 2.28. The minimum atomic E-state index is -0.519. The molecule has 2 aromatic carbocycles. The fourth-order valence-corrected chi connectivity index (χ4v) is 7.12. The maximum absolute atomic E-state index is 13.2. The quantitative estimate of drug-likeness (QED) is 0.263. The molecule has 0 unspecified atom stereocenters. The van der Waals surface area contributed by atoms with Crippen LogP contribution in [0.4, 0.5) is 0 Å². The van der Waals surface area contributed by atoms with E-state index >= 15 is 0 Å². The number of piperidine rings is 1. The second-order valence-electron chi connectivity index (χ2n) is 8.78. The lowest BCUT2D eigenvalue weighted by Crippen LogP contribution is -2.87. The summed E-state index contributed by atoms with van der Waals surface area (Å²) in [4.78, 5) is 26.0. The molecule has 1 heterocycles. The van der Waals surface area contributed by atoms with E-state index in [1.54, 1.807) is 0 Å². The summed E-state index contributed by atoms with van der Waals surface area (Å²) in [6, 6.07) is 14.1. The molecule has 0 spiro atoms. The van der Waals surface area contributed by atoms with Gasteiger partial charge in [-0.15, -0.1) is 0 Å². The SMILES string of the molecule is O=C(OC1CCC(C(=O)OC2(c3ccccc3)CC[NH2+]CC2)CC1)c1cc(I)cc(I)c1I. The van der Waals surface area contributed by atoms with Crippen LogP contribution in [-0.4, -0.2) is 31.1 Å². The molecule has 5 nitrogen and oxygen atoms in total. The molecule has 0 atom stereocenters. The van der Waals surface area contributed by atoms with Crippen LogP contribution in [0.25, 0.3) is 0 Å². The lowest BCUT2D eigenvalue weighted by atomic mass is 9.83. The standard InChI is InChI=1S/C25H26I3NO4/c26-18-14-20(22(28)21(27)15-18)24(31)32-19-8-6-16(7-9-19)23(30)33-25(10-12-29-13-11-25)17-4-2-1-3-5-17/h1-5,14-16,19,29H,6-13H2/p+1. The van der Waals surface area contributed by atoms with E-state index in [0.717, 1.165) is 42.2 Å². The molecule has 1 saturated heterocycles. The van der Waals surface area contributed by atoms with Crippen LogP contribution in [0.3, 0.4) is 0 Å². The number of carbonyl (C=O) groups is 2. The molecule has 1 aliphatic heterocycles. The highest BCUT2D eigenvalue weighted by molar-refractivity contribution is 14.1. The maximum Gasteiger partial charge on any atom is 0.339 e. The second-order valence-corrected chi connectivity index (χ2v) is 12.3. The predicted octanol–water partition coefficient (Wildman–Crippen LogP) is 5.01. The monoisotopic (exact) mass is 786 g/mol. The van der Waals surface area contributed by atoms with Gasteiger partial charge in [0.05, 0.1) is 24.6 Å². The number of benzene rings is 2. The van der Waals surface area contributed by atoms with E-state index in [-0.39, 0.29) is 24.0 Å². The molecule has 8 heteroatoms. The smallest absolute Gasteiger partial charge is 0.339 e. The van der Waals surface area contributed by atoms with E-state index in [1.165, 1.54) is 0 Å². The highest BCUT2D eigenvalue weighted by atomic mass is 127. The normalized spacial score (nSPS) is 22.4. The first-order valence-electron chi connectivity index (χ1n) is 11.3. The van der Waals surface area contributed by atoms with Crippen molar-refractivity contribution in [2.24, 2.45) is 5.92 Å². The summed E-state index contributed by atoms with van der Waals surface area (Å²) < 4.78 is 15.1. The van der Waals surface area contributed by atoms with Crippen molar-refractivity contribution in [2.75, 3.05) is 13.1 Å². The Balaban J connectivity index is 1.36. The number of hydrogen-bond donors (Lipinski definition) is 1. The summed E-state index contributed by atoms with van der Waals surface area (Å²) in [6.45, 7) is 1.92. The number of esters is 2. The van der Waals surface area contributed by atoms with E-state index in [9.17, 15) is 9.59 Å². The average Bonchev–Trinajstić information content (AvgIpc) is 2.83. The molecule has 33 heavy (non-hydrogen) atoms. The van der Waals surface area contributed by atoms with Crippen LogP contribution in [0, 0.1) is 16.6 Å². The lowest BCUT2D eigenvalue weighted by Gasteiger charge is -2.38. The summed E-state index contributed by atoms with van der Waals surface area (Å²) in [7, 11) is 0. The van der Waals surface area contributed by atoms with Gasteiger partial charge in [0, 0.05) is 23.6 Å². The maximum atomic E-state index is 13.2. The Hall–Kier alpha value is -0.470. The highest BCUT2D eigenvalue weighted by Crippen LogP contribution is 2.37. The van der Waals surface area contributed by atoms with Gasteiger partial charge in [-0.05, 0) is 111 Å². The van der Waals surface area contributed by atoms with E-state index in [0.29, 0.717) is 31.2 Å². The molecular formula is C25H27I3NO4+. The van der Waals surface area contributed by atoms with Gasteiger partial charge in [0.15, 0.2) is 0 Å². The van der Waals surface area contributed by atoms with Crippen LogP contribution < -0.4 is 5.32 Å². The zero-order valence-corrected chi connectivity index (χ0v) is 24.7. The highest BCUT2D eigenvalue weighted by Gasteiger charge is 2.41. The Morgan fingerprint density at radius 2 is 1.61 bits per heavy atom. The first-order valence-corrected chi connectivity index (χ1v) is 14.6. The van der Waals surface area contributed by atoms with Gasteiger partial charge in [0.25, 0.3) is 0 Å². The lowest BCUT2D eigenvalue weighted by molar-refractivity contribution is -0.668. The fourth-order valence-electron chi connectivity index (χ4n) is 4.74. The Kier molecular flexibility index (Phi) is 8.94. The number of halogens is 3. The van der Waals surface area contributed by atoms with Gasteiger partial charge in [-0.2, -0.15) is 0 Å². The largest absolute Gasteiger partial charge is 0.459 e. The van der Waals surface area contributed by atoms with Crippen molar-refractivity contribution in [1.82, 2.24) is 0 Å². The van der Waals surface area contributed by atoms with Crippen molar-refractivity contribution < 1.29 is 24.4 Å². The summed E-state index contributed by atoms with van der Waals surface area (Å²) in [5.41, 5.74) is 1.19. The predicted molar refractivity (Wildman–Crippen MR) is 151 cm³/mol. The molecule has 2 aromatic rings. The molecule has 2 N–H and O–H groups in total. The minimum Gasteiger partial charge on any atom is -0.459 e. The van der Waals surface area contributed by atoms with Gasteiger partial charge in [0.2, 0.25) is 0 Å². The molecule has 2 fully saturated rings. The van der Waals surface area contributed by atoms with Crippen LogP contribution in [-0.2, 0) is 19.9 Å². The van der Waals surface area contributed by atoms with Crippen LogP contribution in [0.5, 0.6) is 0 Å². The molecule has 4 rings (SSSR count). The van der Waals surface area contributed by atoms with E-state index in [1.807, 2.05) is 30.3 Å². The average molecular weight is 786 g/mol. The number of ether oxygens (including phenoxy) is 2. The van der Waals surface area contributed by atoms with Crippen molar-refractivity contribution in [3.05, 3.63) is 64.3 Å². The topological polar surface area (TPSA) is 69.2 Å². The molecular weight excluding hydrogens is 759 g/mol. The Labute approximate surface area is 235 Å². The Bertz CT molecular complexity index is 1000. The van der Waals surface area contributed by atoms with Crippen molar-refractivity contribution in [2.45, 2.75) is 50.2 Å². The van der Waals surface area contributed by atoms with Crippen molar-refractivity contribution in [1.29, 1.82) is 0 Å². The van der Waals surface area contributed by atoms with Crippen molar-refractivity contribution in [3.63, 3.8) is 0 Å². The minimum absolute atomic E-state index is 0.104. The third-order valence-corrected chi connectivity index (χ3v) is 10.3. The van der Waals surface area contributed by atoms with Gasteiger partial charge in [-0.1, -0.05) is 30.3 Å². The van der Waals surface area contributed by atoms with E-state index in [4.69, 9.17) is 9.47 Å². The van der Waals surface area contributed by atoms with Crippen molar-refractivity contribution >= 4 is 79.7 Å². The molecule has 0 aromatic heterocycles. The summed E-state index contributed by atoms with van der Waals surface area (Å²) in [6.07, 6.45) is 4.28. The number of nitrogens with two attached hydrogens (primary N) is 1. The van der Waals surface area contributed by atoms with Crippen LogP contribution >= 0.6 is 67.8 Å². The van der Waals surface area contributed by atoms with E-state index < -0.39 is 5.60 Å². The third kappa shape index (κ3) is 6.21. The number of carbonyl (C=O) groups excluding carboxylic acids is 2. The van der Waals surface area contributed by atoms with Crippen molar-refractivity contribution in [3.8, 4) is 0 Å². The molecule has 2 aliphatic rings. The summed E-state index contributed by atoms with van der Waals surface area (Å²) in [5.74, 6) is -0.513. The first kappa shape index (κ1) is 25.6. The van der Waals surface area contributed by atoms with Gasteiger partial charge >= 0.3 is 11.9 Å². The van der Waals surface area contributed by atoms with Crippen LogP contribution in [0.2, 0.25) is 0 Å². The third-order valence-electron chi connectivity index (χ3n) is 6.59. The number of hydrogen-bond acceptors (Lipinski definition) is 4. The van der Waals surface area contributed by atoms with Crippen LogP contribution in [0.15, 0.2) is 42.5 Å². The zero-order chi connectivity index (χ0) is 23.4. The first-order chi connectivity index (χ1) is 15.9. The second kappa shape index (κ2) is 11.5. The molecule has 176 valence electrons.